The minimum Gasteiger partial charge on any atom is -0.493 e. The summed E-state index contributed by atoms with van der Waals surface area (Å²) in [6.07, 6.45) is 7.66. The monoisotopic (exact) mass is 493 g/mol. The molecule has 0 saturated heterocycles. The van der Waals surface area contributed by atoms with Crippen LogP contribution in [0.4, 0.5) is 5.69 Å². The predicted molar refractivity (Wildman–Crippen MR) is 141 cm³/mol. The maximum atomic E-state index is 13.6. The van der Waals surface area contributed by atoms with Crippen molar-refractivity contribution >= 4 is 34.3 Å². The molecule has 0 radical (unpaired) electrons. The van der Waals surface area contributed by atoms with Gasteiger partial charge in [0.1, 0.15) is 0 Å². The Morgan fingerprint density at radius 3 is 2.63 bits per heavy atom. The van der Waals surface area contributed by atoms with Crippen molar-refractivity contribution in [2.75, 3.05) is 25.3 Å². The number of nitrogens with zero attached hydrogens (tertiary/aromatic N) is 2. The number of benzene rings is 2. The van der Waals surface area contributed by atoms with Crippen molar-refractivity contribution in [1.29, 1.82) is 0 Å². The summed E-state index contributed by atoms with van der Waals surface area (Å²) >= 11 is 1.27. The molecule has 0 bridgehead atoms. The van der Waals surface area contributed by atoms with E-state index in [1.165, 1.54) is 30.2 Å². The highest BCUT2D eigenvalue weighted by atomic mass is 32.2. The standard InChI is InChI=1S/C27H31N3O4S/c1-18-9-7-8-12-21(18)28-25(31)17-35-27-29-22-16-24(34-3)23(33-2)15-20(22)26(32)30(27)14-13-19-10-5-4-6-11-19/h7-10,12,15-16H,4-6,11,13-14,17H2,1-3H3,(H,28,31). The number of aromatic nitrogens is 2. The summed E-state index contributed by atoms with van der Waals surface area (Å²) in [7, 11) is 3.09. The molecule has 1 heterocycles. The first-order chi connectivity index (χ1) is 17.0. The van der Waals surface area contributed by atoms with E-state index < -0.39 is 0 Å². The summed E-state index contributed by atoms with van der Waals surface area (Å²) in [5.74, 6) is 0.985. The molecule has 0 saturated carbocycles. The Bertz CT molecular complexity index is 1320. The van der Waals surface area contributed by atoms with E-state index in [-0.39, 0.29) is 17.2 Å². The summed E-state index contributed by atoms with van der Waals surface area (Å²) in [4.78, 5) is 31.0. The van der Waals surface area contributed by atoms with Crippen LogP contribution in [-0.2, 0) is 11.3 Å². The van der Waals surface area contributed by atoms with Crippen molar-refractivity contribution in [2.24, 2.45) is 0 Å². The van der Waals surface area contributed by atoms with Gasteiger partial charge in [-0.05, 0) is 56.7 Å². The molecule has 35 heavy (non-hydrogen) atoms. The van der Waals surface area contributed by atoms with Crippen LogP contribution in [0, 0.1) is 6.92 Å². The molecule has 1 aliphatic carbocycles. The van der Waals surface area contributed by atoms with E-state index >= 15 is 0 Å². The van der Waals surface area contributed by atoms with Gasteiger partial charge in [0.05, 0.1) is 30.9 Å². The van der Waals surface area contributed by atoms with Crippen LogP contribution in [0.2, 0.25) is 0 Å². The number of allylic oxidation sites excluding steroid dienone is 2. The number of carbonyl (C=O) groups is 1. The van der Waals surface area contributed by atoms with Crippen molar-refractivity contribution in [3.63, 3.8) is 0 Å². The maximum Gasteiger partial charge on any atom is 0.262 e. The highest BCUT2D eigenvalue weighted by Crippen LogP contribution is 2.31. The van der Waals surface area contributed by atoms with E-state index in [4.69, 9.17) is 14.5 Å². The number of methoxy groups -OCH3 is 2. The van der Waals surface area contributed by atoms with Gasteiger partial charge in [0, 0.05) is 18.3 Å². The third kappa shape index (κ3) is 5.88. The second kappa shape index (κ2) is 11.4. The Kier molecular flexibility index (Phi) is 8.13. The zero-order valence-corrected chi connectivity index (χ0v) is 21.2. The van der Waals surface area contributed by atoms with E-state index in [1.54, 1.807) is 30.9 Å². The first kappa shape index (κ1) is 24.9. The molecular formula is C27H31N3O4S. The van der Waals surface area contributed by atoms with Gasteiger partial charge in [-0.25, -0.2) is 4.98 Å². The first-order valence-electron chi connectivity index (χ1n) is 11.8. The van der Waals surface area contributed by atoms with Gasteiger partial charge in [0.2, 0.25) is 5.91 Å². The molecule has 0 fully saturated rings. The number of fused-ring (bicyclic) bond motifs is 1. The predicted octanol–water partition coefficient (Wildman–Crippen LogP) is 5.34. The summed E-state index contributed by atoms with van der Waals surface area (Å²) in [5.41, 5.74) is 3.52. The van der Waals surface area contributed by atoms with Crippen LogP contribution in [-0.4, -0.2) is 35.4 Å². The van der Waals surface area contributed by atoms with Crippen LogP contribution >= 0.6 is 11.8 Å². The zero-order valence-electron chi connectivity index (χ0n) is 20.4. The van der Waals surface area contributed by atoms with Crippen molar-refractivity contribution < 1.29 is 14.3 Å². The summed E-state index contributed by atoms with van der Waals surface area (Å²) < 4.78 is 12.5. The van der Waals surface area contributed by atoms with Crippen molar-refractivity contribution in [3.8, 4) is 11.5 Å². The average molecular weight is 494 g/mol. The Hall–Kier alpha value is -3.26. The summed E-state index contributed by atoms with van der Waals surface area (Å²) in [6, 6.07) is 11.0. The highest BCUT2D eigenvalue weighted by Gasteiger charge is 2.17. The van der Waals surface area contributed by atoms with Gasteiger partial charge in [-0.3, -0.25) is 14.2 Å². The van der Waals surface area contributed by atoms with E-state index in [2.05, 4.69) is 11.4 Å². The molecule has 4 rings (SSSR count). The number of aryl methyl sites for hydroxylation is 1. The van der Waals surface area contributed by atoms with Crippen molar-refractivity contribution in [1.82, 2.24) is 9.55 Å². The van der Waals surface area contributed by atoms with Gasteiger partial charge in [0.25, 0.3) is 5.56 Å². The number of hydrogen-bond donors (Lipinski definition) is 1. The van der Waals surface area contributed by atoms with Crippen LogP contribution in [0.15, 0.2) is 58.0 Å². The van der Waals surface area contributed by atoms with E-state index in [1.807, 2.05) is 31.2 Å². The van der Waals surface area contributed by atoms with Gasteiger partial charge >= 0.3 is 0 Å². The highest BCUT2D eigenvalue weighted by molar-refractivity contribution is 7.99. The number of carbonyl (C=O) groups excluding carboxylic acids is 1. The minimum atomic E-state index is -0.146. The van der Waals surface area contributed by atoms with Crippen LogP contribution in [0.5, 0.6) is 11.5 Å². The fraction of sp³-hybridized carbons (Fsp3) is 0.370. The lowest BCUT2D eigenvalue weighted by atomic mass is 9.97. The Balaban J connectivity index is 1.64. The molecule has 1 aromatic heterocycles. The minimum absolute atomic E-state index is 0.141. The number of thioether (sulfide) groups is 1. The van der Waals surface area contributed by atoms with Crippen LogP contribution in [0.25, 0.3) is 10.9 Å². The third-order valence-corrected chi connectivity index (χ3v) is 7.19. The molecule has 0 aliphatic heterocycles. The molecule has 1 aliphatic rings. The fourth-order valence-electron chi connectivity index (χ4n) is 4.25. The number of rotatable bonds is 9. The normalized spacial score (nSPS) is 13.4. The lowest BCUT2D eigenvalue weighted by Crippen LogP contribution is -2.25. The lowest BCUT2D eigenvalue weighted by Gasteiger charge is -2.17. The number of hydrogen-bond acceptors (Lipinski definition) is 6. The number of para-hydroxylation sites is 1. The maximum absolute atomic E-state index is 13.6. The van der Waals surface area contributed by atoms with Crippen LogP contribution < -0.4 is 20.3 Å². The number of amides is 1. The van der Waals surface area contributed by atoms with Gasteiger partial charge in [-0.1, -0.05) is 41.6 Å². The molecule has 0 unspecified atom stereocenters. The fourth-order valence-corrected chi connectivity index (χ4v) is 5.08. The van der Waals surface area contributed by atoms with Crippen molar-refractivity contribution in [3.05, 3.63) is 64.0 Å². The van der Waals surface area contributed by atoms with Gasteiger partial charge in [-0.2, -0.15) is 0 Å². The van der Waals surface area contributed by atoms with Gasteiger partial charge in [0.15, 0.2) is 16.7 Å². The van der Waals surface area contributed by atoms with E-state index in [0.29, 0.717) is 34.1 Å². The lowest BCUT2D eigenvalue weighted by molar-refractivity contribution is -0.113. The Labute approximate surface area is 209 Å². The first-order valence-corrected chi connectivity index (χ1v) is 12.8. The molecule has 7 nitrogen and oxygen atoms in total. The number of nitrogens with one attached hydrogen (secondary N) is 1. The summed E-state index contributed by atoms with van der Waals surface area (Å²) in [6.45, 7) is 2.47. The molecule has 0 atom stereocenters. The molecule has 3 aromatic rings. The molecule has 8 heteroatoms. The average Bonchev–Trinajstić information content (AvgIpc) is 2.88. The van der Waals surface area contributed by atoms with Crippen LogP contribution in [0.3, 0.4) is 0 Å². The Morgan fingerprint density at radius 2 is 1.91 bits per heavy atom. The number of anilines is 1. The zero-order chi connectivity index (χ0) is 24.8. The molecular weight excluding hydrogens is 462 g/mol. The van der Waals surface area contributed by atoms with Gasteiger partial charge < -0.3 is 14.8 Å². The molecule has 1 N–H and O–H groups in total. The molecule has 0 spiro atoms. The SMILES string of the molecule is COc1cc2nc(SCC(=O)Nc3ccccc3C)n(CCC3=CCCCC3)c(=O)c2cc1OC. The molecule has 184 valence electrons. The largest absolute Gasteiger partial charge is 0.493 e. The van der Waals surface area contributed by atoms with Crippen LogP contribution in [0.1, 0.15) is 37.7 Å². The third-order valence-electron chi connectivity index (χ3n) is 6.22. The summed E-state index contributed by atoms with van der Waals surface area (Å²) in [5, 5.41) is 3.93. The second-order valence-electron chi connectivity index (χ2n) is 8.59. The second-order valence-corrected chi connectivity index (χ2v) is 9.53. The van der Waals surface area contributed by atoms with Gasteiger partial charge in [-0.15, -0.1) is 0 Å². The molecule has 1 amide bonds. The molecule has 2 aromatic carbocycles. The quantitative estimate of drug-likeness (QED) is 0.246. The van der Waals surface area contributed by atoms with Crippen molar-refractivity contribution in [2.45, 2.75) is 50.7 Å². The topological polar surface area (TPSA) is 82.5 Å². The van der Waals surface area contributed by atoms with E-state index in [0.717, 1.165) is 30.5 Å². The van der Waals surface area contributed by atoms with E-state index in [9.17, 15) is 9.59 Å². The Morgan fingerprint density at radius 1 is 1.14 bits per heavy atom. The smallest absolute Gasteiger partial charge is 0.262 e. The number of ether oxygens (including phenoxy) is 2.